The highest BCUT2D eigenvalue weighted by molar-refractivity contribution is 5.93. The Labute approximate surface area is 152 Å². The lowest BCUT2D eigenvalue weighted by Crippen LogP contribution is -2.25. The van der Waals surface area contributed by atoms with E-state index in [0.29, 0.717) is 23.9 Å². The van der Waals surface area contributed by atoms with Crippen molar-refractivity contribution in [2.45, 2.75) is 32.8 Å². The zero-order chi connectivity index (χ0) is 19.2. The molecule has 0 spiro atoms. The van der Waals surface area contributed by atoms with Gasteiger partial charge < -0.3 is 15.4 Å². The molecule has 0 aromatic carbocycles. The summed E-state index contributed by atoms with van der Waals surface area (Å²) in [6.07, 6.45) is 1.80. The largest absolute Gasteiger partial charge is 0.460 e. The second-order valence-electron chi connectivity index (χ2n) is 6.52. The standard InChI is InChI=1S/C18H23N5O3/c1-18(2,3)26-15(24)8-10-21-14-11-13(17(25)19-4)22-16(23-14)12-7-5-6-9-20-12/h5-7,9,11H,8,10H2,1-4H3,(H,19,25)(H,21,22,23). The van der Waals surface area contributed by atoms with Gasteiger partial charge in [-0.05, 0) is 32.9 Å². The van der Waals surface area contributed by atoms with E-state index < -0.39 is 5.60 Å². The first-order valence-corrected chi connectivity index (χ1v) is 8.27. The van der Waals surface area contributed by atoms with E-state index in [4.69, 9.17) is 4.74 Å². The zero-order valence-corrected chi connectivity index (χ0v) is 15.4. The third-order valence-corrected chi connectivity index (χ3v) is 3.14. The van der Waals surface area contributed by atoms with Gasteiger partial charge in [0.15, 0.2) is 5.82 Å². The minimum atomic E-state index is -0.523. The van der Waals surface area contributed by atoms with E-state index in [1.165, 1.54) is 13.1 Å². The molecule has 0 bridgehead atoms. The number of esters is 1. The van der Waals surface area contributed by atoms with Gasteiger partial charge in [-0.3, -0.25) is 14.6 Å². The zero-order valence-electron chi connectivity index (χ0n) is 15.4. The number of ether oxygens (including phenoxy) is 1. The lowest BCUT2D eigenvalue weighted by atomic mass is 10.2. The number of anilines is 1. The van der Waals surface area contributed by atoms with Crippen molar-refractivity contribution in [1.29, 1.82) is 0 Å². The van der Waals surface area contributed by atoms with Crippen LogP contribution in [0.15, 0.2) is 30.5 Å². The second-order valence-corrected chi connectivity index (χ2v) is 6.52. The Bertz CT molecular complexity index is 772. The first-order valence-electron chi connectivity index (χ1n) is 8.27. The van der Waals surface area contributed by atoms with Crippen molar-refractivity contribution in [3.63, 3.8) is 0 Å². The van der Waals surface area contributed by atoms with E-state index in [-0.39, 0.29) is 24.0 Å². The Hall–Kier alpha value is -3.03. The summed E-state index contributed by atoms with van der Waals surface area (Å²) in [6, 6.07) is 6.88. The molecule has 8 heteroatoms. The van der Waals surface area contributed by atoms with Gasteiger partial charge in [0.2, 0.25) is 0 Å². The number of aromatic nitrogens is 3. The van der Waals surface area contributed by atoms with Crippen LogP contribution in [0.1, 0.15) is 37.7 Å². The van der Waals surface area contributed by atoms with Crippen molar-refractivity contribution in [1.82, 2.24) is 20.3 Å². The van der Waals surface area contributed by atoms with E-state index in [0.717, 1.165) is 0 Å². The monoisotopic (exact) mass is 357 g/mol. The Morgan fingerprint density at radius 1 is 1.19 bits per heavy atom. The highest BCUT2D eigenvalue weighted by atomic mass is 16.6. The number of hydrogen-bond acceptors (Lipinski definition) is 7. The summed E-state index contributed by atoms with van der Waals surface area (Å²) in [5.74, 6) is 0.115. The lowest BCUT2D eigenvalue weighted by Gasteiger charge is -2.19. The molecule has 8 nitrogen and oxygen atoms in total. The highest BCUT2D eigenvalue weighted by Gasteiger charge is 2.16. The molecule has 0 saturated carbocycles. The van der Waals surface area contributed by atoms with Gasteiger partial charge in [0.05, 0.1) is 6.42 Å². The number of rotatable bonds is 6. The Morgan fingerprint density at radius 2 is 1.96 bits per heavy atom. The molecule has 0 fully saturated rings. The van der Waals surface area contributed by atoms with Crippen molar-refractivity contribution in [2.24, 2.45) is 0 Å². The summed E-state index contributed by atoms with van der Waals surface area (Å²) in [6.45, 7) is 5.77. The summed E-state index contributed by atoms with van der Waals surface area (Å²) in [5.41, 5.74) is 0.237. The third-order valence-electron chi connectivity index (χ3n) is 3.14. The van der Waals surface area contributed by atoms with Crippen LogP contribution in [-0.2, 0) is 9.53 Å². The molecule has 2 aromatic heterocycles. The molecular weight excluding hydrogens is 334 g/mol. The quantitative estimate of drug-likeness (QED) is 0.762. The molecule has 1 amide bonds. The fraction of sp³-hybridized carbons (Fsp3) is 0.389. The van der Waals surface area contributed by atoms with Crippen LogP contribution in [0.25, 0.3) is 11.5 Å². The first kappa shape index (κ1) is 19.3. The molecule has 0 unspecified atom stereocenters. The SMILES string of the molecule is CNC(=O)c1cc(NCCC(=O)OC(C)(C)C)nc(-c2ccccn2)n1. The molecule has 0 aliphatic rings. The topological polar surface area (TPSA) is 106 Å². The normalized spacial score (nSPS) is 10.9. The minimum Gasteiger partial charge on any atom is -0.460 e. The van der Waals surface area contributed by atoms with Gasteiger partial charge in [-0.1, -0.05) is 6.07 Å². The number of carbonyl (C=O) groups is 2. The summed E-state index contributed by atoms with van der Waals surface area (Å²) >= 11 is 0. The molecule has 0 aliphatic heterocycles. The molecule has 138 valence electrons. The molecule has 0 atom stereocenters. The van der Waals surface area contributed by atoms with Crippen molar-refractivity contribution < 1.29 is 14.3 Å². The molecule has 0 saturated heterocycles. The van der Waals surface area contributed by atoms with Gasteiger partial charge in [-0.15, -0.1) is 0 Å². The van der Waals surface area contributed by atoms with Crippen LogP contribution in [0.2, 0.25) is 0 Å². The highest BCUT2D eigenvalue weighted by Crippen LogP contribution is 2.16. The number of pyridine rings is 1. The molecule has 2 heterocycles. The molecular formula is C18H23N5O3. The van der Waals surface area contributed by atoms with Crippen LogP contribution in [0.5, 0.6) is 0 Å². The van der Waals surface area contributed by atoms with Crippen LogP contribution in [0.3, 0.4) is 0 Å². The second kappa shape index (κ2) is 8.37. The summed E-state index contributed by atoms with van der Waals surface area (Å²) in [7, 11) is 1.53. The van der Waals surface area contributed by atoms with E-state index >= 15 is 0 Å². The van der Waals surface area contributed by atoms with E-state index in [9.17, 15) is 9.59 Å². The predicted octanol–water partition coefficient (Wildman–Crippen LogP) is 2.04. The summed E-state index contributed by atoms with van der Waals surface area (Å²) in [4.78, 5) is 36.6. The fourth-order valence-electron chi connectivity index (χ4n) is 2.08. The maximum absolute atomic E-state index is 12.0. The van der Waals surface area contributed by atoms with Crippen molar-refractivity contribution >= 4 is 17.7 Å². The fourth-order valence-corrected chi connectivity index (χ4v) is 2.08. The molecule has 0 aliphatic carbocycles. The van der Waals surface area contributed by atoms with Gasteiger partial charge in [0.1, 0.15) is 22.8 Å². The van der Waals surface area contributed by atoms with E-state index in [1.807, 2.05) is 26.8 Å². The Balaban J connectivity index is 2.14. The van der Waals surface area contributed by atoms with Crippen molar-refractivity contribution in [2.75, 3.05) is 18.9 Å². The van der Waals surface area contributed by atoms with Crippen LogP contribution < -0.4 is 10.6 Å². The predicted molar refractivity (Wildman–Crippen MR) is 97.6 cm³/mol. The molecule has 0 radical (unpaired) electrons. The van der Waals surface area contributed by atoms with Crippen LogP contribution >= 0.6 is 0 Å². The molecule has 2 aromatic rings. The number of hydrogen-bond donors (Lipinski definition) is 2. The van der Waals surface area contributed by atoms with Gasteiger partial charge in [0, 0.05) is 25.9 Å². The first-order chi connectivity index (χ1) is 12.3. The van der Waals surface area contributed by atoms with Gasteiger partial charge >= 0.3 is 5.97 Å². The van der Waals surface area contributed by atoms with E-state index in [1.54, 1.807) is 18.3 Å². The molecule has 2 N–H and O–H groups in total. The van der Waals surface area contributed by atoms with Crippen molar-refractivity contribution in [3.05, 3.63) is 36.2 Å². The van der Waals surface area contributed by atoms with Crippen LogP contribution in [0, 0.1) is 0 Å². The van der Waals surface area contributed by atoms with Crippen LogP contribution in [0.4, 0.5) is 5.82 Å². The van der Waals surface area contributed by atoms with Gasteiger partial charge in [0.25, 0.3) is 5.91 Å². The van der Waals surface area contributed by atoms with Gasteiger partial charge in [-0.2, -0.15) is 0 Å². The Kier molecular flexibility index (Phi) is 6.21. The van der Waals surface area contributed by atoms with Crippen LogP contribution in [-0.4, -0.2) is 46.0 Å². The lowest BCUT2D eigenvalue weighted by molar-refractivity contribution is -0.154. The summed E-state index contributed by atoms with van der Waals surface area (Å²) < 4.78 is 5.26. The smallest absolute Gasteiger partial charge is 0.308 e. The maximum Gasteiger partial charge on any atom is 0.308 e. The number of nitrogens with zero attached hydrogens (tertiary/aromatic N) is 3. The van der Waals surface area contributed by atoms with Gasteiger partial charge in [-0.25, -0.2) is 9.97 Å². The minimum absolute atomic E-state index is 0.176. The third kappa shape index (κ3) is 5.80. The molecule has 2 rings (SSSR count). The van der Waals surface area contributed by atoms with Crippen molar-refractivity contribution in [3.8, 4) is 11.5 Å². The number of nitrogens with one attached hydrogen (secondary N) is 2. The average molecular weight is 357 g/mol. The Morgan fingerprint density at radius 3 is 2.58 bits per heavy atom. The average Bonchev–Trinajstić information content (AvgIpc) is 2.60. The molecule has 26 heavy (non-hydrogen) atoms. The number of carbonyl (C=O) groups excluding carboxylic acids is 2. The maximum atomic E-state index is 12.0. The number of amides is 1. The van der Waals surface area contributed by atoms with E-state index in [2.05, 4.69) is 25.6 Å². The summed E-state index contributed by atoms with van der Waals surface area (Å²) in [5, 5.41) is 5.57.